The molecular formula is C10H4BrF3INO. The molecule has 0 fully saturated rings. The Labute approximate surface area is 116 Å². The number of rotatable bonds is 1. The highest BCUT2D eigenvalue weighted by Gasteiger charge is 2.32. The van der Waals surface area contributed by atoms with Crippen LogP contribution in [0.15, 0.2) is 28.9 Å². The highest BCUT2D eigenvalue weighted by atomic mass is 127. The van der Waals surface area contributed by atoms with Crippen LogP contribution >= 0.6 is 38.5 Å². The Balaban J connectivity index is 2.62. The van der Waals surface area contributed by atoms with Gasteiger partial charge in [-0.3, -0.25) is 4.98 Å². The van der Waals surface area contributed by atoms with Crippen molar-refractivity contribution < 1.29 is 17.9 Å². The van der Waals surface area contributed by atoms with Crippen LogP contribution in [0.25, 0.3) is 10.9 Å². The molecule has 90 valence electrons. The monoisotopic (exact) mass is 417 g/mol. The molecule has 0 atom stereocenters. The molecule has 0 amide bonds. The van der Waals surface area contributed by atoms with Gasteiger partial charge in [-0.1, -0.05) is 15.9 Å². The number of fused-ring (bicyclic) bond motifs is 1. The van der Waals surface area contributed by atoms with Crippen LogP contribution in [0.2, 0.25) is 0 Å². The van der Waals surface area contributed by atoms with E-state index >= 15 is 0 Å². The van der Waals surface area contributed by atoms with Crippen molar-refractivity contribution in [3.05, 3.63) is 32.4 Å². The lowest BCUT2D eigenvalue weighted by Crippen LogP contribution is -2.17. The van der Waals surface area contributed by atoms with Crippen LogP contribution in [0.3, 0.4) is 0 Å². The fraction of sp³-hybridized carbons (Fsp3) is 0.100. The second-order valence-corrected chi connectivity index (χ2v) is 5.24. The number of pyridine rings is 1. The van der Waals surface area contributed by atoms with Gasteiger partial charge in [0.05, 0.1) is 0 Å². The normalized spacial score (nSPS) is 11.8. The summed E-state index contributed by atoms with van der Waals surface area (Å²) in [7, 11) is 0. The summed E-state index contributed by atoms with van der Waals surface area (Å²) in [5.41, 5.74) is 0.178. The highest BCUT2D eigenvalue weighted by Crippen LogP contribution is 2.33. The molecule has 0 saturated heterocycles. The van der Waals surface area contributed by atoms with Crippen LogP contribution in [0.4, 0.5) is 13.2 Å². The lowest BCUT2D eigenvalue weighted by Gasteiger charge is -2.11. The van der Waals surface area contributed by atoms with Crippen molar-refractivity contribution in [2.75, 3.05) is 0 Å². The van der Waals surface area contributed by atoms with Crippen molar-refractivity contribution in [1.29, 1.82) is 0 Å². The highest BCUT2D eigenvalue weighted by molar-refractivity contribution is 14.1. The SMILES string of the molecule is FC(F)(F)Oc1ccc(Br)c2cc(I)cnc12. The van der Waals surface area contributed by atoms with Gasteiger partial charge in [-0.25, -0.2) is 0 Å². The Morgan fingerprint density at radius 2 is 2.00 bits per heavy atom. The fourth-order valence-electron chi connectivity index (χ4n) is 1.34. The number of benzene rings is 1. The molecule has 2 rings (SSSR count). The molecule has 0 aliphatic rings. The quantitative estimate of drug-likeness (QED) is 0.637. The predicted octanol–water partition coefficient (Wildman–Crippen LogP) is 4.50. The second kappa shape index (κ2) is 4.60. The van der Waals surface area contributed by atoms with Crippen molar-refractivity contribution in [3.63, 3.8) is 0 Å². The molecule has 0 unspecified atom stereocenters. The molecule has 0 spiro atoms. The van der Waals surface area contributed by atoms with E-state index in [4.69, 9.17) is 0 Å². The predicted molar refractivity (Wildman–Crippen MR) is 68.8 cm³/mol. The van der Waals surface area contributed by atoms with E-state index < -0.39 is 6.36 Å². The average molecular weight is 418 g/mol. The standard InChI is InChI=1S/C10H4BrF3INO/c11-7-1-2-8(17-10(12,13)14)9-6(7)3-5(15)4-16-9/h1-4H. The molecule has 0 bridgehead atoms. The van der Waals surface area contributed by atoms with E-state index in [0.717, 1.165) is 3.57 Å². The molecule has 7 heteroatoms. The number of hydrogen-bond acceptors (Lipinski definition) is 2. The summed E-state index contributed by atoms with van der Waals surface area (Å²) in [5, 5.41) is 0.582. The summed E-state index contributed by atoms with van der Waals surface area (Å²) >= 11 is 5.30. The van der Waals surface area contributed by atoms with Crippen LogP contribution < -0.4 is 4.74 Å². The summed E-state index contributed by atoms with van der Waals surface area (Å²) in [6.45, 7) is 0. The zero-order chi connectivity index (χ0) is 12.6. The molecule has 0 N–H and O–H groups in total. The van der Waals surface area contributed by atoms with Gasteiger partial charge in [-0.15, -0.1) is 13.2 Å². The van der Waals surface area contributed by atoms with Gasteiger partial charge in [0.15, 0.2) is 5.75 Å². The summed E-state index contributed by atoms with van der Waals surface area (Å²) in [6, 6.07) is 4.47. The first-order valence-corrected chi connectivity index (χ1v) is 6.23. The molecule has 17 heavy (non-hydrogen) atoms. The summed E-state index contributed by atoms with van der Waals surface area (Å²) < 4.78 is 42.0. The molecular weight excluding hydrogens is 414 g/mol. The Morgan fingerprint density at radius 3 is 2.65 bits per heavy atom. The third kappa shape index (κ3) is 3.01. The zero-order valence-corrected chi connectivity index (χ0v) is 11.8. The van der Waals surface area contributed by atoms with Gasteiger partial charge in [0, 0.05) is 19.6 Å². The van der Waals surface area contributed by atoms with E-state index in [0.29, 0.717) is 9.86 Å². The van der Waals surface area contributed by atoms with Gasteiger partial charge in [-0.05, 0) is 40.8 Å². The maximum absolute atomic E-state index is 12.2. The van der Waals surface area contributed by atoms with Crippen molar-refractivity contribution in [1.82, 2.24) is 4.98 Å². The summed E-state index contributed by atoms with van der Waals surface area (Å²) in [4.78, 5) is 3.96. The van der Waals surface area contributed by atoms with Crippen molar-refractivity contribution in [2.45, 2.75) is 6.36 Å². The first-order valence-electron chi connectivity index (χ1n) is 4.36. The van der Waals surface area contributed by atoms with E-state index in [1.54, 1.807) is 6.07 Å². The average Bonchev–Trinajstić information content (AvgIpc) is 2.21. The second-order valence-electron chi connectivity index (χ2n) is 3.14. The number of halogens is 5. The van der Waals surface area contributed by atoms with Gasteiger partial charge >= 0.3 is 6.36 Å². The van der Waals surface area contributed by atoms with E-state index in [-0.39, 0.29) is 11.3 Å². The summed E-state index contributed by atoms with van der Waals surface area (Å²) in [6.07, 6.45) is -3.23. The minimum absolute atomic E-state index is 0.178. The molecule has 0 aliphatic carbocycles. The summed E-state index contributed by atoms with van der Waals surface area (Å²) in [5.74, 6) is -0.299. The number of aromatic nitrogens is 1. The molecule has 2 aromatic rings. The number of hydrogen-bond donors (Lipinski definition) is 0. The molecule has 0 aliphatic heterocycles. The fourth-order valence-corrected chi connectivity index (χ4v) is 2.23. The molecule has 1 aromatic carbocycles. The third-order valence-electron chi connectivity index (χ3n) is 1.95. The lowest BCUT2D eigenvalue weighted by molar-refractivity contribution is -0.274. The number of alkyl halides is 3. The van der Waals surface area contributed by atoms with E-state index in [9.17, 15) is 13.2 Å². The first kappa shape index (κ1) is 12.9. The van der Waals surface area contributed by atoms with Crippen LogP contribution in [-0.4, -0.2) is 11.3 Å². The van der Waals surface area contributed by atoms with Crippen LogP contribution in [-0.2, 0) is 0 Å². The van der Waals surface area contributed by atoms with Crippen molar-refractivity contribution in [3.8, 4) is 5.75 Å². The minimum Gasteiger partial charge on any atom is -0.403 e. The van der Waals surface area contributed by atoms with Gasteiger partial charge in [-0.2, -0.15) is 0 Å². The third-order valence-corrected chi connectivity index (χ3v) is 3.23. The molecule has 0 radical (unpaired) electrons. The van der Waals surface area contributed by atoms with Crippen LogP contribution in [0, 0.1) is 3.57 Å². The Hall–Kier alpha value is -0.570. The maximum atomic E-state index is 12.2. The smallest absolute Gasteiger partial charge is 0.403 e. The van der Waals surface area contributed by atoms with Gasteiger partial charge in [0.25, 0.3) is 0 Å². The van der Waals surface area contributed by atoms with E-state index in [1.165, 1.54) is 18.3 Å². The molecule has 1 heterocycles. The Morgan fingerprint density at radius 1 is 1.29 bits per heavy atom. The van der Waals surface area contributed by atoms with Gasteiger partial charge in [0.2, 0.25) is 0 Å². The van der Waals surface area contributed by atoms with Gasteiger partial charge in [0.1, 0.15) is 5.52 Å². The first-order chi connectivity index (χ1) is 7.87. The largest absolute Gasteiger partial charge is 0.573 e. The van der Waals surface area contributed by atoms with Gasteiger partial charge < -0.3 is 4.74 Å². The number of ether oxygens (including phenoxy) is 1. The van der Waals surface area contributed by atoms with Crippen LogP contribution in [0.1, 0.15) is 0 Å². The number of nitrogens with zero attached hydrogens (tertiary/aromatic N) is 1. The topological polar surface area (TPSA) is 22.1 Å². The zero-order valence-electron chi connectivity index (χ0n) is 8.05. The lowest BCUT2D eigenvalue weighted by atomic mass is 10.2. The molecule has 2 nitrogen and oxygen atoms in total. The Kier molecular flexibility index (Phi) is 3.48. The Bertz CT molecular complexity index is 573. The van der Waals surface area contributed by atoms with E-state index in [2.05, 4.69) is 25.7 Å². The minimum atomic E-state index is -4.72. The molecule has 0 saturated carbocycles. The van der Waals surface area contributed by atoms with E-state index in [1.807, 2.05) is 22.6 Å². The molecule has 1 aromatic heterocycles. The maximum Gasteiger partial charge on any atom is 0.573 e. The van der Waals surface area contributed by atoms with Crippen molar-refractivity contribution >= 4 is 49.4 Å². The van der Waals surface area contributed by atoms with Crippen LogP contribution in [0.5, 0.6) is 5.75 Å². The van der Waals surface area contributed by atoms with Crippen molar-refractivity contribution in [2.24, 2.45) is 0 Å².